The zero-order valence-electron chi connectivity index (χ0n) is 18.9. The quantitative estimate of drug-likeness (QED) is 0.477. The molecule has 0 spiro atoms. The van der Waals surface area contributed by atoms with Gasteiger partial charge in [-0.1, -0.05) is 60.2 Å². The molecule has 0 saturated carbocycles. The Morgan fingerprint density at radius 2 is 1.64 bits per heavy atom. The minimum Gasteiger partial charge on any atom is -0.387 e. The topological polar surface area (TPSA) is 67.1 Å². The van der Waals surface area contributed by atoms with Gasteiger partial charge in [0.05, 0.1) is 17.5 Å². The second-order valence-electron chi connectivity index (χ2n) is 8.78. The lowest BCUT2D eigenvalue weighted by atomic mass is 9.92. The van der Waals surface area contributed by atoms with Crippen LogP contribution in [0, 0.1) is 6.92 Å². The predicted molar refractivity (Wildman–Crippen MR) is 129 cm³/mol. The molecular weight excluding hydrogens is 410 g/mol. The van der Waals surface area contributed by atoms with Gasteiger partial charge in [-0.3, -0.25) is 0 Å². The summed E-state index contributed by atoms with van der Waals surface area (Å²) in [5, 5.41) is 15.5. The van der Waals surface area contributed by atoms with Gasteiger partial charge in [-0.15, -0.1) is 0 Å². The van der Waals surface area contributed by atoms with Crippen molar-refractivity contribution in [3.8, 4) is 17.2 Å². The molecule has 6 heteroatoms. The Kier molecular flexibility index (Phi) is 6.28. The molecule has 1 saturated heterocycles. The number of rotatable bonds is 6. The van der Waals surface area contributed by atoms with Crippen molar-refractivity contribution in [2.24, 2.45) is 0 Å². The second kappa shape index (κ2) is 9.65. The highest BCUT2D eigenvalue weighted by Gasteiger charge is 2.27. The Hall–Kier alpha value is -3.35. The molecule has 2 aromatic carbocycles. The van der Waals surface area contributed by atoms with Gasteiger partial charge in [-0.2, -0.15) is 5.10 Å². The number of piperidine rings is 1. The highest BCUT2D eigenvalue weighted by atomic mass is 16.3. The van der Waals surface area contributed by atoms with Crippen molar-refractivity contribution in [3.05, 3.63) is 95.9 Å². The van der Waals surface area contributed by atoms with Crippen LogP contribution in [0.5, 0.6) is 0 Å². The molecule has 6 nitrogen and oxygen atoms in total. The first-order valence-electron chi connectivity index (χ1n) is 11.6. The molecule has 0 bridgehead atoms. The lowest BCUT2D eigenvalue weighted by Crippen LogP contribution is -2.36. The summed E-state index contributed by atoms with van der Waals surface area (Å²) in [6.45, 7) is 4.63. The van der Waals surface area contributed by atoms with Crippen molar-refractivity contribution in [2.75, 3.05) is 19.6 Å². The van der Waals surface area contributed by atoms with Gasteiger partial charge in [-0.25, -0.2) is 14.6 Å². The van der Waals surface area contributed by atoms with Crippen molar-refractivity contribution >= 4 is 0 Å². The molecule has 0 radical (unpaired) electrons. The molecule has 1 atom stereocenters. The highest BCUT2D eigenvalue weighted by Crippen LogP contribution is 2.32. The van der Waals surface area contributed by atoms with Crippen LogP contribution in [0.15, 0.2) is 79.1 Å². The summed E-state index contributed by atoms with van der Waals surface area (Å²) in [5.74, 6) is 0.971. The SMILES string of the molecule is Cc1ccc(-c2cc(C3CCN(CC(O)c4ccccc4)CC3)n(-c3ncccn3)n2)cc1. The van der Waals surface area contributed by atoms with E-state index in [1.165, 1.54) is 5.56 Å². The third-order valence-corrected chi connectivity index (χ3v) is 6.45. The number of nitrogens with zero attached hydrogens (tertiary/aromatic N) is 5. The number of aliphatic hydroxyl groups excluding tert-OH is 1. The van der Waals surface area contributed by atoms with Gasteiger partial charge in [0.25, 0.3) is 5.95 Å². The molecule has 168 valence electrons. The van der Waals surface area contributed by atoms with E-state index in [4.69, 9.17) is 5.10 Å². The Morgan fingerprint density at radius 1 is 0.939 bits per heavy atom. The second-order valence-corrected chi connectivity index (χ2v) is 8.78. The number of aryl methyl sites for hydroxylation is 1. The lowest BCUT2D eigenvalue weighted by Gasteiger charge is -2.33. The molecule has 2 aromatic heterocycles. The Bertz CT molecular complexity index is 1170. The van der Waals surface area contributed by atoms with Crippen molar-refractivity contribution in [2.45, 2.75) is 31.8 Å². The third kappa shape index (κ3) is 4.87. The van der Waals surface area contributed by atoms with E-state index in [-0.39, 0.29) is 0 Å². The third-order valence-electron chi connectivity index (χ3n) is 6.45. The molecule has 33 heavy (non-hydrogen) atoms. The lowest BCUT2D eigenvalue weighted by molar-refractivity contribution is 0.0967. The minimum absolute atomic E-state index is 0.366. The van der Waals surface area contributed by atoms with Crippen LogP contribution in [0.1, 0.15) is 41.7 Å². The Morgan fingerprint density at radius 3 is 2.33 bits per heavy atom. The maximum absolute atomic E-state index is 10.6. The molecular formula is C27H29N5O. The summed E-state index contributed by atoms with van der Waals surface area (Å²) in [7, 11) is 0. The smallest absolute Gasteiger partial charge is 0.250 e. The van der Waals surface area contributed by atoms with Crippen LogP contribution in [0.2, 0.25) is 0 Å². The normalized spacial score (nSPS) is 16.1. The summed E-state index contributed by atoms with van der Waals surface area (Å²) in [4.78, 5) is 11.3. The molecule has 1 fully saturated rings. The first kappa shape index (κ1) is 21.5. The summed E-state index contributed by atoms with van der Waals surface area (Å²) < 4.78 is 1.91. The zero-order valence-corrected chi connectivity index (χ0v) is 18.9. The van der Waals surface area contributed by atoms with E-state index in [0.717, 1.165) is 48.4 Å². The minimum atomic E-state index is -0.459. The molecule has 1 aliphatic rings. The maximum Gasteiger partial charge on any atom is 0.250 e. The van der Waals surface area contributed by atoms with Crippen molar-refractivity contribution in [1.29, 1.82) is 0 Å². The van der Waals surface area contributed by atoms with Gasteiger partial charge in [0, 0.05) is 30.4 Å². The van der Waals surface area contributed by atoms with Crippen molar-refractivity contribution in [3.63, 3.8) is 0 Å². The van der Waals surface area contributed by atoms with Gasteiger partial charge in [-0.05, 0) is 50.6 Å². The number of aliphatic hydroxyl groups is 1. The fourth-order valence-corrected chi connectivity index (χ4v) is 4.55. The first-order chi connectivity index (χ1) is 16.2. The average molecular weight is 440 g/mol. The molecule has 0 amide bonds. The van der Waals surface area contributed by atoms with Crippen molar-refractivity contribution < 1.29 is 5.11 Å². The van der Waals surface area contributed by atoms with Crippen molar-refractivity contribution in [1.82, 2.24) is 24.6 Å². The molecule has 1 N–H and O–H groups in total. The molecule has 1 aliphatic heterocycles. The van der Waals surface area contributed by atoms with Crippen LogP contribution in [0.25, 0.3) is 17.2 Å². The van der Waals surface area contributed by atoms with Gasteiger partial charge in [0.15, 0.2) is 0 Å². The zero-order chi connectivity index (χ0) is 22.6. The van der Waals surface area contributed by atoms with Crippen LogP contribution in [-0.4, -0.2) is 49.4 Å². The largest absolute Gasteiger partial charge is 0.387 e. The summed E-state index contributed by atoms with van der Waals surface area (Å²) >= 11 is 0. The molecule has 3 heterocycles. The molecule has 5 rings (SSSR count). The van der Waals surface area contributed by atoms with Gasteiger partial charge < -0.3 is 10.0 Å². The number of β-amino-alcohol motifs (C(OH)–C–C–N with tert-alkyl or cyclic N) is 1. The number of likely N-dealkylation sites (tertiary alicyclic amines) is 1. The monoisotopic (exact) mass is 439 g/mol. The average Bonchev–Trinajstić information content (AvgIpc) is 3.31. The van der Waals surface area contributed by atoms with E-state index < -0.39 is 6.10 Å². The summed E-state index contributed by atoms with van der Waals surface area (Å²) in [6, 6.07) is 22.4. The van der Waals surface area contributed by atoms with Crippen LogP contribution < -0.4 is 0 Å². The van der Waals surface area contributed by atoms with E-state index >= 15 is 0 Å². The fraction of sp³-hybridized carbons (Fsp3) is 0.296. The maximum atomic E-state index is 10.6. The molecule has 4 aromatic rings. The van der Waals surface area contributed by atoms with E-state index in [2.05, 4.69) is 52.1 Å². The molecule has 0 aliphatic carbocycles. The predicted octanol–water partition coefficient (Wildman–Crippen LogP) is 4.55. The summed E-state index contributed by atoms with van der Waals surface area (Å²) in [6.07, 6.45) is 5.07. The number of hydrogen-bond acceptors (Lipinski definition) is 5. The van der Waals surface area contributed by atoms with E-state index in [1.54, 1.807) is 12.4 Å². The van der Waals surface area contributed by atoms with Gasteiger partial charge in [0.1, 0.15) is 0 Å². The highest BCUT2D eigenvalue weighted by molar-refractivity contribution is 5.60. The molecule has 1 unspecified atom stereocenters. The van der Waals surface area contributed by atoms with E-state index in [0.29, 0.717) is 18.4 Å². The van der Waals surface area contributed by atoms with Crippen LogP contribution in [0.3, 0.4) is 0 Å². The standard InChI is InChI=1S/C27H29N5O/c1-20-8-10-21(11-9-20)24-18-25(32(30-24)27-28-14-5-15-29-27)22-12-16-31(17-13-22)19-26(33)23-6-3-2-4-7-23/h2-11,14-15,18,22,26,33H,12-13,16-17,19H2,1H3. The van der Waals surface area contributed by atoms with Crippen LogP contribution >= 0.6 is 0 Å². The van der Waals surface area contributed by atoms with Gasteiger partial charge >= 0.3 is 0 Å². The fourth-order valence-electron chi connectivity index (χ4n) is 4.55. The van der Waals surface area contributed by atoms with E-state index in [9.17, 15) is 5.11 Å². The number of benzene rings is 2. The van der Waals surface area contributed by atoms with E-state index in [1.807, 2.05) is 41.1 Å². The summed E-state index contributed by atoms with van der Waals surface area (Å²) in [5.41, 5.74) is 5.40. The Balaban J connectivity index is 1.35. The van der Waals surface area contributed by atoms with Crippen LogP contribution in [0.4, 0.5) is 0 Å². The van der Waals surface area contributed by atoms with Crippen LogP contribution in [-0.2, 0) is 0 Å². The first-order valence-corrected chi connectivity index (χ1v) is 11.6. The van der Waals surface area contributed by atoms with Gasteiger partial charge in [0.2, 0.25) is 0 Å². The number of aromatic nitrogens is 4. The number of hydrogen-bond donors (Lipinski definition) is 1. The Labute approximate surface area is 194 Å².